The third kappa shape index (κ3) is 5.63. The van der Waals surface area contributed by atoms with Crippen molar-refractivity contribution in [3.63, 3.8) is 0 Å². The number of rotatable bonds is 7. The van der Waals surface area contributed by atoms with E-state index in [1.165, 1.54) is 0 Å². The molecule has 4 rings (SSSR count). The number of imide groups is 1. The van der Waals surface area contributed by atoms with E-state index in [9.17, 15) is 19.2 Å². The normalized spacial score (nSPS) is 20.6. The Kier molecular flexibility index (Phi) is 7.37. The molecule has 2 aliphatic heterocycles. The van der Waals surface area contributed by atoms with Crippen molar-refractivity contribution in [2.24, 2.45) is 0 Å². The molecule has 35 heavy (non-hydrogen) atoms. The topological polar surface area (TPSA) is 102 Å². The number of nitrogens with zero attached hydrogens (tertiary/aromatic N) is 3. The van der Waals surface area contributed by atoms with Crippen LogP contribution in [0.25, 0.3) is 0 Å². The first-order chi connectivity index (χ1) is 16.8. The summed E-state index contributed by atoms with van der Waals surface area (Å²) >= 11 is 6.14. The molecule has 2 N–H and O–H groups in total. The van der Waals surface area contributed by atoms with Crippen LogP contribution in [0.1, 0.15) is 29.3 Å². The van der Waals surface area contributed by atoms with Gasteiger partial charge in [0, 0.05) is 26.2 Å². The zero-order chi connectivity index (χ0) is 25.0. The van der Waals surface area contributed by atoms with Gasteiger partial charge in [0.2, 0.25) is 0 Å². The Morgan fingerprint density at radius 1 is 1.00 bits per heavy atom. The Hall–Kier alpha value is -3.43. The molecule has 2 aliphatic rings. The van der Waals surface area contributed by atoms with Crippen LogP contribution in [0.3, 0.4) is 0 Å². The number of halogens is 1. The number of hydrogen-bond donors (Lipinski definition) is 2. The zero-order valence-electron chi connectivity index (χ0n) is 19.5. The smallest absolute Gasteiger partial charge is 0.336 e. The molecule has 2 heterocycles. The fourth-order valence-electron chi connectivity index (χ4n) is 4.27. The van der Waals surface area contributed by atoms with Crippen molar-refractivity contribution in [3.8, 4) is 0 Å². The summed E-state index contributed by atoms with van der Waals surface area (Å²) in [5.74, 6) is -1.09. The highest BCUT2D eigenvalue weighted by Gasteiger charge is 2.48. The monoisotopic (exact) mass is 497 g/mol. The minimum atomic E-state index is -1.09. The summed E-state index contributed by atoms with van der Waals surface area (Å²) in [5, 5.41) is 3.88. The number of carbonyl (C=O) groups is 4. The molecule has 1 unspecified atom stereocenters. The van der Waals surface area contributed by atoms with Crippen molar-refractivity contribution in [2.45, 2.75) is 25.3 Å². The van der Waals surface area contributed by atoms with Crippen LogP contribution >= 0.6 is 11.6 Å². The van der Waals surface area contributed by atoms with Crippen LogP contribution in [0.5, 0.6) is 0 Å². The lowest BCUT2D eigenvalue weighted by atomic mass is 9.93. The molecule has 2 fully saturated rings. The number of carbonyl (C=O) groups excluding carboxylic acids is 4. The van der Waals surface area contributed by atoms with Gasteiger partial charge in [-0.15, -0.1) is 0 Å². The number of benzene rings is 2. The molecule has 0 aromatic heterocycles. The first-order valence-corrected chi connectivity index (χ1v) is 11.9. The molecule has 0 radical (unpaired) electrons. The van der Waals surface area contributed by atoms with E-state index in [1.54, 1.807) is 36.1 Å². The second kappa shape index (κ2) is 10.5. The maximum Gasteiger partial charge on any atom is 0.344 e. The van der Waals surface area contributed by atoms with Crippen molar-refractivity contribution in [3.05, 3.63) is 70.7 Å². The summed E-state index contributed by atoms with van der Waals surface area (Å²) in [5.41, 5.74) is 2.86. The molecule has 9 nitrogen and oxygen atoms in total. The van der Waals surface area contributed by atoms with Gasteiger partial charge in [0.05, 0.1) is 17.1 Å². The Balaban J connectivity index is 1.26. The summed E-state index contributed by atoms with van der Waals surface area (Å²) in [7, 11) is 0. The van der Waals surface area contributed by atoms with E-state index in [1.807, 2.05) is 35.2 Å². The fraction of sp³-hybridized carbons (Fsp3) is 0.360. The molecular weight excluding hydrogens is 470 g/mol. The van der Waals surface area contributed by atoms with E-state index in [2.05, 4.69) is 10.7 Å². The van der Waals surface area contributed by atoms with Crippen molar-refractivity contribution in [2.75, 3.05) is 32.7 Å². The summed E-state index contributed by atoms with van der Waals surface area (Å²) in [6, 6.07) is 16.0. The molecule has 184 valence electrons. The highest BCUT2D eigenvalue weighted by atomic mass is 35.5. The van der Waals surface area contributed by atoms with Crippen molar-refractivity contribution < 1.29 is 19.2 Å². The van der Waals surface area contributed by atoms with Gasteiger partial charge in [-0.05, 0) is 37.5 Å². The van der Waals surface area contributed by atoms with E-state index in [0.717, 1.165) is 10.6 Å². The molecule has 0 aliphatic carbocycles. The van der Waals surface area contributed by atoms with Crippen LogP contribution in [0.2, 0.25) is 5.02 Å². The van der Waals surface area contributed by atoms with Crippen molar-refractivity contribution >= 4 is 35.4 Å². The molecule has 5 amide bonds. The quantitative estimate of drug-likeness (QED) is 0.570. The number of amides is 5. The molecule has 0 saturated carbocycles. The van der Waals surface area contributed by atoms with Crippen LogP contribution < -0.4 is 10.7 Å². The van der Waals surface area contributed by atoms with E-state index in [-0.39, 0.29) is 12.5 Å². The summed E-state index contributed by atoms with van der Waals surface area (Å²) < 4.78 is 0. The van der Waals surface area contributed by atoms with Crippen LogP contribution in [0, 0.1) is 0 Å². The second-order valence-electron chi connectivity index (χ2n) is 8.97. The summed E-state index contributed by atoms with van der Waals surface area (Å²) in [4.78, 5) is 54.2. The lowest BCUT2D eigenvalue weighted by Crippen LogP contribution is -2.54. The molecule has 2 saturated heterocycles. The third-order valence-corrected chi connectivity index (χ3v) is 6.71. The number of urea groups is 1. The average molecular weight is 498 g/mol. The number of hydrazine groups is 1. The number of aryl methyl sites for hydroxylation is 1. The first-order valence-electron chi connectivity index (χ1n) is 11.5. The van der Waals surface area contributed by atoms with Gasteiger partial charge in [0.15, 0.2) is 0 Å². The predicted molar refractivity (Wildman–Crippen MR) is 130 cm³/mol. The minimum Gasteiger partial charge on any atom is -0.336 e. The lowest BCUT2D eigenvalue weighted by molar-refractivity contribution is -0.139. The predicted octanol–water partition coefficient (Wildman–Crippen LogP) is 2.07. The summed E-state index contributed by atoms with van der Waals surface area (Å²) in [6.07, 6.45) is 1.03. The number of hydrogen-bond acceptors (Lipinski definition) is 5. The lowest BCUT2D eigenvalue weighted by Gasteiger charge is -2.34. The maximum absolute atomic E-state index is 12.9. The molecule has 10 heteroatoms. The van der Waals surface area contributed by atoms with Crippen molar-refractivity contribution in [1.29, 1.82) is 0 Å². The van der Waals surface area contributed by atoms with Gasteiger partial charge in [0.25, 0.3) is 17.7 Å². The van der Waals surface area contributed by atoms with Gasteiger partial charge in [0.1, 0.15) is 5.54 Å². The Labute approximate surface area is 209 Å². The van der Waals surface area contributed by atoms with E-state index in [0.29, 0.717) is 49.6 Å². The maximum atomic E-state index is 12.9. The van der Waals surface area contributed by atoms with Crippen LogP contribution in [0.15, 0.2) is 54.6 Å². The van der Waals surface area contributed by atoms with Gasteiger partial charge in [-0.3, -0.25) is 24.7 Å². The Bertz CT molecular complexity index is 1120. The Morgan fingerprint density at radius 3 is 2.34 bits per heavy atom. The second-order valence-corrected chi connectivity index (χ2v) is 9.38. The van der Waals surface area contributed by atoms with Gasteiger partial charge in [-0.1, -0.05) is 54.1 Å². The SMILES string of the molecule is CC1(CCc2ccccc2)NC(=O)N(NC(=O)CN2CCN(C(=O)c3ccccc3Cl)CC2)C1=O. The standard InChI is InChI=1S/C25H28ClN5O4/c1-25(12-11-18-7-3-2-4-8-18)23(34)31(24(35)27-25)28-21(32)17-29-13-15-30(16-14-29)22(33)19-9-5-6-10-20(19)26/h2-10H,11-17H2,1H3,(H,27,35)(H,28,32). The Morgan fingerprint density at radius 2 is 1.66 bits per heavy atom. The van der Waals surface area contributed by atoms with E-state index >= 15 is 0 Å². The van der Waals surface area contributed by atoms with Crippen LogP contribution in [-0.4, -0.2) is 76.8 Å². The first kappa shape index (κ1) is 24.7. The molecule has 2 aromatic carbocycles. The number of nitrogens with one attached hydrogen (secondary N) is 2. The molecule has 2 aromatic rings. The van der Waals surface area contributed by atoms with Gasteiger partial charge in [-0.2, -0.15) is 5.01 Å². The number of piperazine rings is 1. The van der Waals surface area contributed by atoms with Crippen molar-refractivity contribution in [1.82, 2.24) is 25.6 Å². The van der Waals surface area contributed by atoms with E-state index in [4.69, 9.17) is 11.6 Å². The van der Waals surface area contributed by atoms with E-state index < -0.39 is 23.4 Å². The zero-order valence-corrected chi connectivity index (χ0v) is 20.3. The highest BCUT2D eigenvalue weighted by molar-refractivity contribution is 6.33. The largest absolute Gasteiger partial charge is 0.344 e. The minimum absolute atomic E-state index is 0.00587. The third-order valence-electron chi connectivity index (χ3n) is 6.39. The molecule has 1 atom stereocenters. The highest BCUT2D eigenvalue weighted by Crippen LogP contribution is 2.22. The van der Waals surface area contributed by atoms with Gasteiger partial charge < -0.3 is 10.2 Å². The molecular formula is C25H28ClN5O4. The van der Waals surface area contributed by atoms with Gasteiger partial charge in [-0.25, -0.2) is 4.79 Å². The van der Waals surface area contributed by atoms with Crippen LogP contribution in [0.4, 0.5) is 4.79 Å². The van der Waals surface area contributed by atoms with Crippen LogP contribution in [-0.2, 0) is 16.0 Å². The molecule has 0 bridgehead atoms. The average Bonchev–Trinajstić information content (AvgIpc) is 3.07. The summed E-state index contributed by atoms with van der Waals surface area (Å²) in [6.45, 7) is 3.52. The fourth-order valence-corrected chi connectivity index (χ4v) is 4.49. The molecule has 0 spiro atoms. The van der Waals surface area contributed by atoms with Gasteiger partial charge >= 0.3 is 6.03 Å².